The summed E-state index contributed by atoms with van der Waals surface area (Å²) in [6.45, 7) is 1.70. The molecule has 0 radical (unpaired) electrons. The highest BCUT2D eigenvalue weighted by Crippen LogP contribution is 2.36. The molecule has 0 aliphatic heterocycles. The predicted octanol–water partition coefficient (Wildman–Crippen LogP) is 1.59. The number of nitrogens with two attached hydrogens (primary N) is 1. The smallest absolute Gasteiger partial charge is 0.0947 e. The summed E-state index contributed by atoms with van der Waals surface area (Å²) in [4.78, 5) is 2.36. The van der Waals surface area contributed by atoms with E-state index in [0.717, 1.165) is 13.1 Å². The predicted molar refractivity (Wildman–Crippen MR) is 55.8 cm³/mol. The van der Waals surface area contributed by atoms with Gasteiger partial charge in [-0.1, -0.05) is 0 Å². The van der Waals surface area contributed by atoms with Crippen LogP contribution in [0, 0.1) is 0 Å². The third-order valence-corrected chi connectivity index (χ3v) is 3.47. The molecule has 1 heterocycles. The van der Waals surface area contributed by atoms with Crippen molar-refractivity contribution >= 4 is 0 Å². The Morgan fingerprint density at radius 3 is 2.79 bits per heavy atom. The average Bonchev–Trinajstić information content (AvgIpc) is 2.55. The molecule has 3 nitrogen and oxygen atoms in total. The van der Waals surface area contributed by atoms with Crippen LogP contribution in [-0.4, -0.2) is 24.0 Å². The second kappa shape index (κ2) is 3.75. The number of hydrogen-bond acceptors (Lipinski definition) is 3. The lowest BCUT2D eigenvalue weighted by Crippen LogP contribution is -2.56. The number of rotatable bonds is 4. The SMILES string of the molecule is CN(Cc1ccoc1)C1(CN)CCC1. The van der Waals surface area contributed by atoms with Gasteiger partial charge in [-0.05, 0) is 32.4 Å². The molecular weight excluding hydrogens is 176 g/mol. The van der Waals surface area contributed by atoms with Gasteiger partial charge in [0, 0.05) is 24.2 Å². The van der Waals surface area contributed by atoms with Crippen molar-refractivity contribution in [1.29, 1.82) is 0 Å². The molecule has 0 aromatic carbocycles. The standard InChI is InChI=1S/C11H18N2O/c1-13(7-10-3-6-14-8-10)11(9-12)4-2-5-11/h3,6,8H,2,4-5,7,9,12H2,1H3. The van der Waals surface area contributed by atoms with Gasteiger partial charge >= 0.3 is 0 Å². The van der Waals surface area contributed by atoms with Crippen LogP contribution < -0.4 is 5.73 Å². The van der Waals surface area contributed by atoms with Crippen molar-refractivity contribution in [3.63, 3.8) is 0 Å². The fourth-order valence-electron chi connectivity index (χ4n) is 2.15. The lowest BCUT2D eigenvalue weighted by molar-refractivity contribution is 0.0397. The van der Waals surface area contributed by atoms with Gasteiger partial charge in [-0.2, -0.15) is 0 Å². The second-order valence-corrected chi connectivity index (χ2v) is 4.27. The molecule has 14 heavy (non-hydrogen) atoms. The van der Waals surface area contributed by atoms with E-state index in [-0.39, 0.29) is 5.54 Å². The Bertz CT molecular complexity index is 272. The minimum absolute atomic E-state index is 0.261. The molecule has 0 saturated heterocycles. The van der Waals surface area contributed by atoms with Gasteiger partial charge in [0.25, 0.3) is 0 Å². The molecule has 0 unspecified atom stereocenters. The fourth-order valence-corrected chi connectivity index (χ4v) is 2.15. The molecule has 0 spiro atoms. The first-order valence-electron chi connectivity index (χ1n) is 5.19. The summed E-state index contributed by atoms with van der Waals surface area (Å²) in [6, 6.07) is 2.01. The molecule has 1 aliphatic rings. The highest BCUT2D eigenvalue weighted by atomic mass is 16.3. The van der Waals surface area contributed by atoms with E-state index in [2.05, 4.69) is 11.9 Å². The van der Waals surface area contributed by atoms with Gasteiger partial charge in [0.1, 0.15) is 0 Å². The van der Waals surface area contributed by atoms with E-state index >= 15 is 0 Å². The Morgan fingerprint density at radius 2 is 2.36 bits per heavy atom. The first-order valence-corrected chi connectivity index (χ1v) is 5.19. The minimum atomic E-state index is 0.261. The van der Waals surface area contributed by atoms with Crippen LogP contribution in [0.3, 0.4) is 0 Å². The number of likely N-dealkylation sites (N-methyl/N-ethyl adjacent to an activating group) is 1. The van der Waals surface area contributed by atoms with Gasteiger partial charge in [-0.3, -0.25) is 4.90 Å². The molecule has 1 aliphatic carbocycles. The number of nitrogens with zero attached hydrogens (tertiary/aromatic N) is 1. The molecule has 0 amide bonds. The Kier molecular flexibility index (Phi) is 2.61. The monoisotopic (exact) mass is 194 g/mol. The number of furan rings is 1. The molecule has 1 aromatic heterocycles. The summed E-state index contributed by atoms with van der Waals surface area (Å²) >= 11 is 0. The highest BCUT2D eigenvalue weighted by molar-refractivity contribution is 5.07. The minimum Gasteiger partial charge on any atom is -0.472 e. The third-order valence-electron chi connectivity index (χ3n) is 3.47. The van der Waals surface area contributed by atoms with Crippen molar-refractivity contribution in [3.05, 3.63) is 24.2 Å². The molecule has 1 aromatic rings. The van der Waals surface area contributed by atoms with Crippen molar-refractivity contribution in [2.24, 2.45) is 5.73 Å². The van der Waals surface area contributed by atoms with Crippen LogP contribution in [0.25, 0.3) is 0 Å². The van der Waals surface area contributed by atoms with Crippen LogP contribution in [-0.2, 0) is 6.54 Å². The van der Waals surface area contributed by atoms with E-state index in [1.165, 1.54) is 24.8 Å². The van der Waals surface area contributed by atoms with Crippen LogP contribution in [0.4, 0.5) is 0 Å². The summed E-state index contributed by atoms with van der Waals surface area (Å²) < 4.78 is 5.06. The van der Waals surface area contributed by atoms with E-state index in [9.17, 15) is 0 Å². The van der Waals surface area contributed by atoms with E-state index < -0.39 is 0 Å². The molecule has 2 N–H and O–H groups in total. The maximum Gasteiger partial charge on any atom is 0.0947 e. The van der Waals surface area contributed by atoms with Crippen LogP contribution in [0.1, 0.15) is 24.8 Å². The zero-order chi connectivity index (χ0) is 10.0. The summed E-state index contributed by atoms with van der Waals surface area (Å²) in [5, 5.41) is 0. The molecule has 3 heteroatoms. The van der Waals surface area contributed by atoms with Crippen LogP contribution in [0.2, 0.25) is 0 Å². The summed E-state index contributed by atoms with van der Waals surface area (Å²) in [6.07, 6.45) is 7.31. The molecule has 0 atom stereocenters. The maximum absolute atomic E-state index is 5.83. The topological polar surface area (TPSA) is 42.4 Å². The Morgan fingerprint density at radius 1 is 1.57 bits per heavy atom. The Balaban J connectivity index is 1.98. The quantitative estimate of drug-likeness (QED) is 0.791. The second-order valence-electron chi connectivity index (χ2n) is 4.27. The van der Waals surface area contributed by atoms with Gasteiger partial charge in [-0.25, -0.2) is 0 Å². The van der Waals surface area contributed by atoms with Crippen molar-refractivity contribution < 1.29 is 4.42 Å². The molecule has 78 valence electrons. The highest BCUT2D eigenvalue weighted by Gasteiger charge is 2.39. The summed E-state index contributed by atoms with van der Waals surface area (Å²) in [7, 11) is 2.15. The zero-order valence-corrected chi connectivity index (χ0v) is 8.70. The van der Waals surface area contributed by atoms with Crippen LogP contribution in [0.15, 0.2) is 23.0 Å². The van der Waals surface area contributed by atoms with E-state index in [1.807, 2.05) is 6.07 Å². The molecule has 1 saturated carbocycles. The lowest BCUT2D eigenvalue weighted by Gasteiger charge is -2.48. The first kappa shape index (κ1) is 9.74. The third kappa shape index (κ3) is 1.57. The Labute approximate surface area is 84.9 Å². The van der Waals surface area contributed by atoms with Crippen molar-refractivity contribution in [3.8, 4) is 0 Å². The molecule has 2 rings (SSSR count). The first-order chi connectivity index (χ1) is 6.77. The van der Waals surface area contributed by atoms with Gasteiger partial charge < -0.3 is 10.2 Å². The summed E-state index contributed by atoms with van der Waals surface area (Å²) in [5.74, 6) is 0. The molecular formula is C11H18N2O. The van der Waals surface area contributed by atoms with Gasteiger partial charge in [0.2, 0.25) is 0 Å². The normalized spacial score (nSPS) is 19.6. The van der Waals surface area contributed by atoms with E-state index in [4.69, 9.17) is 10.2 Å². The van der Waals surface area contributed by atoms with Crippen molar-refractivity contribution in [2.75, 3.05) is 13.6 Å². The van der Waals surface area contributed by atoms with Crippen LogP contribution >= 0.6 is 0 Å². The van der Waals surface area contributed by atoms with Gasteiger partial charge in [0.15, 0.2) is 0 Å². The number of hydrogen-bond donors (Lipinski definition) is 1. The largest absolute Gasteiger partial charge is 0.472 e. The summed E-state index contributed by atoms with van der Waals surface area (Å²) in [5.41, 5.74) is 7.32. The fraction of sp³-hybridized carbons (Fsp3) is 0.636. The zero-order valence-electron chi connectivity index (χ0n) is 8.70. The van der Waals surface area contributed by atoms with Crippen molar-refractivity contribution in [2.45, 2.75) is 31.3 Å². The van der Waals surface area contributed by atoms with Gasteiger partial charge in [0.05, 0.1) is 12.5 Å². The Hall–Kier alpha value is -0.800. The van der Waals surface area contributed by atoms with Gasteiger partial charge in [-0.15, -0.1) is 0 Å². The lowest BCUT2D eigenvalue weighted by atomic mass is 9.75. The molecule has 1 fully saturated rings. The maximum atomic E-state index is 5.83. The molecule has 0 bridgehead atoms. The van der Waals surface area contributed by atoms with Crippen LogP contribution in [0.5, 0.6) is 0 Å². The van der Waals surface area contributed by atoms with Crippen molar-refractivity contribution in [1.82, 2.24) is 4.90 Å². The van der Waals surface area contributed by atoms with E-state index in [0.29, 0.717) is 0 Å². The van der Waals surface area contributed by atoms with E-state index in [1.54, 1.807) is 12.5 Å². The average molecular weight is 194 g/mol.